The molecule has 5 nitrogen and oxygen atoms in total. The van der Waals surface area contributed by atoms with Gasteiger partial charge in [0.05, 0.1) is 6.04 Å². The van der Waals surface area contributed by atoms with Gasteiger partial charge in [-0.25, -0.2) is 4.39 Å². The van der Waals surface area contributed by atoms with Crippen molar-refractivity contribution >= 4 is 35.1 Å². The Morgan fingerprint density at radius 3 is 2.32 bits per heavy atom. The molecule has 3 N–H and O–H groups in total. The van der Waals surface area contributed by atoms with Crippen molar-refractivity contribution in [2.45, 2.75) is 31.9 Å². The van der Waals surface area contributed by atoms with Crippen LogP contribution in [0.1, 0.15) is 31.1 Å². The van der Waals surface area contributed by atoms with E-state index in [2.05, 4.69) is 10.6 Å². The van der Waals surface area contributed by atoms with E-state index in [-0.39, 0.29) is 5.82 Å². The number of carbonyl (C=O) groups excluding carboxylic acids is 1. The molecule has 0 aromatic heterocycles. The zero-order valence-electron chi connectivity index (χ0n) is 18.4. The maximum atomic E-state index is 13.4. The second-order valence-electron chi connectivity index (χ2n) is 7.77. The van der Waals surface area contributed by atoms with Crippen LogP contribution in [0.4, 0.5) is 24.5 Å². The summed E-state index contributed by atoms with van der Waals surface area (Å²) >= 11 is 5.97. The van der Waals surface area contributed by atoms with Gasteiger partial charge in [0.1, 0.15) is 17.7 Å². The number of hydrogen-bond acceptors (Lipinski definition) is 4. The maximum absolute atomic E-state index is 13.4. The third-order valence-corrected chi connectivity index (χ3v) is 5.23. The van der Waals surface area contributed by atoms with Crippen LogP contribution in [-0.4, -0.2) is 24.1 Å². The Hall–Kier alpha value is -3.52. The van der Waals surface area contributed by atoms with Crippen LogP contribution < -0.4 is 15.4 Å². The van der Waals surface area contributed by atoms with Crippen LogP contribution in [0, 0.1) is 11.2 Å². The Bertz CT molecular complexity index is 1150. The monoisotopic (exact) mass is 489 g/mol. The number of carbonyl (C=O) groups is 1. The Morgan fingerprint density at radius 1 is 1.09 bits per heavy atom. The summed E-state index contributed by atoms with van der Waals surface area (Å²) in [5.74, 6) is -4.97. The fourth-order valence-electron chi connectivity index (χ4n) is 3.20. The molecule has 3 aromatic carbocycles. The number of nitrogens with one attached hydrogen (secondary N) is 3. The molecule has 3 aromatic rings. The summed E-state index contributed by atoms with van der Waals surface area (Å²) in [5, 5.41) is 13.7. The highest BCUT2D eigenvalue weighted by molar-refractivity contribution is 6.30. The molecule has 0 aliphatic rings. The largest absolute Gasteiger partial charge is 0.484 e. The third kappa shape index (κ3) is 6.51. The summed E-state index contributed by atoms with van der Waals surface area (Å²) in [5.41, 5.74) is 2.31. The number of anilines is 2. The second kappa shape index (κ2) is 10.6. The quantitative estimate of drug-likeness (QED) is 0.300. The van der Waals surface area contributed by atoms with Crippen molar-refractivity contribution in [3.63, 3.8) is 0 Å². The molecule has 0 heterocycles. The smallest absolute Gasteiger partial charge is 0.321 e. The van der Waals surface area contributed by atoms with Crippen LogP contribution in [0.25, 0.3) is 0 Å². The van der Waals surface area contributed by atoms with Crippen LogP contribution in [0.5, 0.6) is 5.75 Å². The molecule has 0 saturated heterocycles. The van der Waals surface area contributed by atoms with Gasteiger partial charge in [0, 0.05) is 35.1 Å². The van der Waals surface area contributed by atoms with Gasteiger partial charge in [0.2, 0.25) is 0 Å². The molecule has 3 rings (SSSR count). The topological polar surface area (TPSA) is 74.2 Å². The molecular formula is C25H23ClF3N3O2. The molecule has 9 heteroatoms. The zero-order valence-corrected chi connectivity index (χ0v) is 19.2. The van der Waals surface area contributed by atoms with E-state index < -0.39 is 24.0 Å². The lowest BCUT2D eigenvalue weighted by molar-refractivity contribution is -0.144. The molecule has 0 spiro atoms. The highest BCUT2D eigenvalue weighted by atomic mass is 35.5. The van der Waals surface area contributed by atoms with Gasteiger partial charge in [-0.2, -0.15) is 8.78 Å². The molecule has 0 aliphatic carbocycles. The van der Waals surface area contributed by atoms with Crippen LogP contribution in [0.3, 0.4) is 0 Å². The minimum absolute atomic E-state index is 0.354. The zero-order chi connectivity index (χ0) is 24.9. The number of hydrogen-bond donors (Lipinski definition) is 3. The Morgan fingerprint density at radius 2 is 1.74 bits per heavy atom. The van der Waals surface area contributed by atoms with Gasteiger partial charge in [0.25, 0.3) is 5.91 Å². The number of alkyl halides is 2. The van der Waals surface area contributed by atoms with E-state index in [0.29, 0.717) is 40.2 Å². The predicted octanol–water partition coefficient (Wildman–Crippen LogP) is 6.50. The van der Waals surface area contributed by atoms with Crippen LogP contribution in [0.2, 0.25) is 5.02 Å². The van der Waals surface area contributed by atoms with Crippen molar-refractivity contribution < 1.29 is 22.7 Å². The standard InChI is InChI=1S/C25H23ClF3N3O2/c1-15(31-24(33)25(2,28)29)23(16-3-5-18(26)6-4-16)34-21-11-12-22(17(13-21)14-30)32-20-9-7-19(27)8-10-20/h3-15,23,30,32H,1-2H3,(H,31,33)/t15-,23-/m0/s1. The molecule has 0 unspecified atom stereocenters. The molecular weight excluding hydrogens is 467 g/mol. The molecule has 178 valence electrons. The molecule has 34 heavy (non-hydrogen) atoms. The first-order valence-corrected chi connectivity index (χ1v) is 10.7. The first-order valence-electron chi connectivity index (χ1n) is 10.3. The number of halogens is 4. The van der Waals surface area contributed by atoms with Crippen molar-refractivity contribution in [2.24, 2.45) is 0 Å². The molecule has 1 amide bonds. The van der Waals surface area contributed by atoms with Gasteiger partial charge in [-0.1, -0.05) is 23.7 Å². The predicted molar refractivity (Wildman–Crippen MR) is 127 cm³/mol. The van der Waals surface area contributed by atoms with Crippen LogP contribution >= 0.6 is 11.6 Å². The summed E-state index contributed by atoms with van der Waals surface area (Å²) in [6.45, 7) is 2.08. The Labute approximate surface area is 200 Å². The van der Waals surface area contributed by atoms with Gasteiger partial charge in [-0.05, 0) is 67.1 Å². The van der Waals surface area contributed by atoms with Crippen molar-refractivity contribution in [1.29, 1.82) is 5.41 Å². The lowest BCUT2D eigenvalue weighted by atomic mass is 10.0. The van der Waals surface area contributed by atoms with Crippen LogP contribution in [0.15, 0.2) is 66.7 Å². The van der Waals surface area contributed by atoms with E-state index >= 15 is 0 Å². The maximum Gasteiger partial charge on any atom is 0.321 e. The molecule has 0 bridgehead atoms. The van der Waals surface area contributed by atoms with E-state index in [0.717, 1.165) is 6.21 Å². The summed E-state index contributed by atoms with van der Waals surface area (Å²) in [6, 6.07) is 16.5. The van der Waals surface area contributed by atoms with Crippen molar-refractivity contribution in [3.8, 4) is 5.75 Å². The number of amides is 1. The van der Waals surface area contributed by atoms with Crippen molar-refractivity contribution in [1.82, 2.24) is 5.32 Å². The van der Waals surface area contributed by atoms with Gasteiger partial charge in [-0.15, -0.1) is 0 Å². The lowest BCUT2D eigenvalue weighted by Gasteiger charge is -2.28. The van der Waals surface area contributed by atoms with Crippen LogP contribution in [-0.2, 0) is 4.79 Å². The summed E-state index contributed by atoms with van der Waals surface area (Å²) in [4.78, 5) is 11.9. The molecule has 0 aliphatic heterocycles. The van der Waals surface area contributed by atoms with Gasteiger partial charge >= 0.3 is 5.92 Å². The third-order valence-electron chi connectivity index (χ3n) is 4.97. The molecule has 0 radical (unpaired) electrons. The van der Waals surface area contributed by atoms with Gasteiger partial charge in [-0.3, -0.25) is 4.79 Å². The first-order chi connectivity index (χ1) is 16.1. The molecule has 2 atom stereocenters. The van der Waals surface area contributed by atoms with E-state index in [1.54, 1.807) is 61.5 Å². The average Bonchev–Trinajstić information content (AvgIpc) is 2.79. The Kier molecular flexibility index (Phi) is 7.83. The number of ether oxygens (including phenoxy) is 1. The van der Waals surface area contributed by atoms with E-state index in [9.17, 15) is 18.0 Å². The second-order valence-corrected chi connectivity index (χ2v) is 8.20. The van der Waals surface area contributed by atoms with E-state index in [1.807, 2.05) is 0 Å². The highest BCUT2D eigenvalue weighted by Crippen LogP contribution is 2.30. The van der Waals surface area contributed by atoms with E-state index in [4.69, 9.17) is 21.7 Å². The van der Waals surface area contributed by atoms with Gasteiger partial charge in [0.15, 0.2) is 0 Å². The molecule has 0 fully saturated rings. The first kappa shape index (κ1) is 25.1. The van der Waals surface area contributed by atoms with E-state index in [1.165, 1.54) is 12.1 Å². The minimum atomic E-state index is -3.54. The number of rotatable bonds is 9. The average molecular weight is 490 g/mol. The summed E-state index contributed by atoms with van der Waals surface area (Å²) in [7, 11) is 0. The van der Waals surface area contributed by atoms with Crippen molar-refractivity contribution in [2.75, 3.05) is 5.32 Å². The fourth-order valence-corrected chi connectivity index (χ4v) is 3.33. The summed E-state index contributed by atoms with van der Waals surface area (Å²) < 4.78 is 46.1. The molecule has 0 saturated carbocycles. The fraction of sp³-hybridized carbons (Fsp3) is 0.200. The van der Waals surface area contributed by atoms with Crippen molar-refractivity contribution in [3.05, 3.63) is 88.7 Å². The van der Waals surface area contributed by atoms with Gasteiger partial charge < -0.3 is 20.8 Å². The SMILES string of the molecule is C[C@H](NC(=O)C(C)(F)F)[C@H](Oc1ccc(Nc2ccc(F)cc2)c(C=N)c1)c1ccc(Cl)cc1. The Balaban J connectivity index is 1.87. The summed E-state index contributed by atoms with van der Waals surface area (Å²) in [6.07, 6.45) is 0.303. The normalized spacial score (nSPS) is 13.0. The highest BCUT2D eigenvalue weighted by Gasteiger charge is 2.35. The lowest BCUT2D eigenvalue weighted by Crippen LogP contribution is -2.46. The minimum Gasteiger partial charge on any atom is -0.484 e. The number of benzene rings is 3.